The van der Waals surface area contributed by atoms with E-state index < -0.39 is 0 Å². The molecule has 0 spiro atoms. The quantitative estimate of drug-likeness (QED) is 0.122. The van der Waals surface area contributed by atoms with Gasteiger partial charge in [-0.15, -0.1) is 0 Å². The number of ether oxygens (including phenoxy) is 3. The van der Waals surface area contributed by atoms with Crippen molar-refractivity contribution in [3.8, 4) is 0 Å². The van der Waals surface area contributed by atoms with E-state index in [9.17, 15) is 4.79 Å². The average Bonchev–Trinajstić information content (AvgIpc) is 3.10. The summed E-state index contributed by atoms with van der Waals surface area (Å²) < 4.78 is 16.9. The summed E-state index contributed by atoms with van der Waals surface area (Å²) >= 11 is 0. The van der Waals surface area contributed by atoms with Crippen molar-refractivity contribution < 1.29 is 19.0 Å². The summed E-state index contributed by atoms with van der Waals surface area (Å²) in [5, 5.41) is 0. The molecular weight excluding hydrogens is 414 g/mol. The molecule has 1 radical (unpaired) electrons. The topological polar surface area (TPSA) is 48.0 Å². The third kappa shape index (κ3) is 16.1. The Labute approximate surface area is 204 Å². The standard InChI is InChI=1S/C28H52NO4/c1-5-6-7-8-9-10-11-12-13-14-15-16-17-18-22-31-23-27(33-26(3)30)20-19-21-28-25(2)29(4)24-32-28/h19,27H,5-18,20-24H2,1-4H3. The van der Waals surface area contributed by atoms with Crippen LogP contribution in [-0.4, -0.2) is 44.0 Å². The van der Waals surface area contributed by atoms with Gasteiger partial charge in [0.05, 0.1) is 12.3 Å². The van der Waals surface area contributed by atoms with Crippen LogP contribution in [0.15, 0.2) is 11.5 Å². The first kappa shape index (κ1) is 29.8. The molecule has 193 valence electrons. The van der Waals surface area contributed by atoms with Gasteiger partial charge in [-0.25, -0.2) is 0 Å². The zero-order valence-electron chi connectivity index (χ0n) is 22.2. The van der Waals surface area contributed by atoms with Crippen molar-refractivity contribution in [1.29, 1.82) is 0 Å². The van der Waals surface area contributed by atoms with Crippen LogP contribution in [-0.2, 0) is 19.0 Å². The summed E-state index contributed by atoms with van der Waals surface area (Å²) in [6.45, 7) is 7.63. The van der Waals surface area contributed by atoms with Crippen LogP contribution in [0.5, 0.6) is 0 Å². The maximum atomic E-state index is 11.4. The Balaban J connectivity index is 1.95. The highest BCUT2D eigenvalue weighted by atomic mass is 16.6. The summed E-state index contributed by atoms with van der Waals surface area (Å²) in [6.07, 6.45) is 22.3. The first-order chi connectivity index (χ1) is 16.0. The predicted molar refractivity (Wildman–Crippen MR) is 137 cm³/mol. The Bertz CT molecular complexity index is 520. The zero-order valence-corrected chi connectivity index (χ0v) is 22.2. The number of nitrogens with zero attached hydrogens (tertiary/aromatic N) is 1. The smallest absolute Gasteiger partial charge is 0.302 e. The van der Waals surface area contributed by atoms with E-state index in [1.807, 2.05) is 7.05 Å². The number of hydrogen-bond donors (Lipinski definition) is 0. The van der Waals surface area contributed by atoms with Crippen molar-refractivity contribution in [1.82, 2.24) is 4.90 Å². The Hall–Kier alpha value is -1.23. The number of carbonyl (C=O) groups is 1. The first-order valence-electron chi connectivity index (χ1n) is 13.6. The molecule has 0 aromatic carbocycles. The molecule has 0 saturated carbocycles. The van der Waals surface area contributed by atoms with Crippen molar-refractivity contribution in [2.45, 2.75) is 130 Å². The van der Waals surface area contributed by atoms with Gasteiger partial charge in [0.15, 0.2) is 6.73 Å². The highest BCUT2D eigenvalue weighted by Crippen LogP contribution is 2.23. The first-order valence-corrected chi connectivity index (χ1v) is 13.6. The summed E-state index contributed by atoms with van der Waals surface area (Å²) in [4.78, 5) is 13.5. The SMILES string of the molecule is CCCCCCCCCCCCCCCCOCC(C[CH]CC1=C(C)N(C)CO1)OC(C)=O. The minimum Gasteiger partial charge on any atom is -0.476 e. The van der Waals surface area contributed by atoms with Gasteiger partial charge in [-0.2, -0.15) is 0 Å². The monoisotopic (exact) mass is 466 g/mol. The molecule has 0 aliphatic carbocycles. The molecule has 0 amide bonds. The van der Waals surface area contributed by atoms with Crippen molar-refractivity contribution >= 4 is 5.97 Å². The Kier molecular flexibility index (Phi) is 18.2. The van der Waals surface area contributed by atoms with Crippen LogP contribution in [0.1, 0.15) is 124 Å². The second-order valence-corrected chi connectivity index (χ2v) is 9.61. The lowest BCUT2D eigenvalue weighted by molar-refractivity contribution is -0.149. The van der Waals surface area contributed by atoms with Gasteiger partial charge in [0.1, 0.15) is 11.9 Å². The fourth-order valence-corrected chi connectivity index (χ4v) is 4.19. The molecule has 5 nitrogen and oxygen atoms in total. The molecule has 0 N–H and O–H groups in total. The van der Waals surface area contributed by atoms with Crippen LogP contribution in [0.25, 0.3) is 0 Å². The Morgan fingerprint density at radius 2 is 1.52 bits per heavy atom. The second kappa shape index (κ2) is 20.2. The highest BCUT2D eigenvalue weighted by Gasteiger charge is 2.18. The Morgan fingerprint density at radius 3 is 2.00 bits per heavy atom. The van der Waals surface area contributed by atoms with Crippen molar-refractivity contribution in [2.75, 3.05) is 27.0 Å². The number of hydrogen-bond acceptors (Lipinski definition) is 5. The van der Waals surface area contributed by atoms with Gasteiger partial charge >= 0.3 is 5.97 Å². The average molecular weight is 467 g/mol. The van der Waals surface area contributed by atoms with E-state index >= 15 is 0 Å². The van der Waals surface area contributed by atoms with Gasteiger partial charge in [0, 0.05) is 27.0 Å². The van der Waals surface area contributed by atoms with E-state index in [0.29, 0.717) is 19.8 Å². The molecule has 5 heteroatoms. The minimum absolute atomic E-state index is 0.214. The lowest BCUT2D eigenvalue weighted by atomic mass is 10.0. The molecular formula is C28H52NO4. The molecule has 1 aliphatic rings. The second-order valence-electron chi connectivity index (χ2n) is 9.61. The van der Waals surface area contributed by atoms with Gasteiger partial charge in [0.2, 0.25) is 0 Å². The lowest BCUT2D eigenvalue weighted by Crippen LogP contribution is -2.23. The normalized spacial score (nSPS) is 14.6. The lowest BCUT2D eigenvalue weighted by Gasteiger charge is -2.17. The third-order valence-corrected chi connectivity index (χ3v) is 6.45. The molecule has 1 aliphatic heterocycles. The number of carbonyl (C=O) groups excluding carboxylic acids is 1. The molecule has 1 unspecified atom stereocenters. The number of allylic oxidation sites excluding steroid dienone is 2. The van der Waals surface area contributed by atoms with E-state index in [4.69, 9.17) is 14.2 Å². The zero-order chi connectivity index (χ0) is 24.2. The van der Waals surface area contributed by atoms with Crippen LogP contribution >= 0.6 is 0 Å². The highest BCUT2D eigenvalue weighted by molar-refractivity contribution is 5.66. The summed E-state index contributed by atoms with van der Waals surface area (Å²) in [5.41, 5.74) is 1.17. The van der Waals surface area contributed by atoms with E-state index in [-0.39, 0.29) is 12.1 Å². The number of unbranched alkanes of at least 4 members (excludes halogenated alkanes) is 13. The van der Waals surface area contributed by atoms with Gasteiger partial charge in [-0.3, -0.25) is 4.79 Å². The van der Waals surface area contributed by atoms with E-state index in [2.05, 4.69) is 25.2 Å². The summed E-state index contributed by atoms with van der Waals surface area (Å²) in [7, 11) is 2.02. The molecule has 0 fully saturated rings. The largest absolute Gasteiger partial charge is 0.476 e. The third-order valence-electron chi connectivity index (χ3n) is 6.45. The number of esters is 1. The molecule has 1 atom stereocenters. The molecule has 0 saturated heterocycles. The van der Waals surface area contributed by atoms with Crippen molar-refractivity contribution in [3.63, 3.8) is 0 Å². The predicted octanol–water partition coefficient (Wildman–Crippen LogP) is 7.55. The Morgan fingerprint density at radius 1 is 0.970 bits per heavy atom. The fraction of sp³-hybridized carbons (Fsp3) is 0.857. The van der Waals surface area contributed by atoms with Gasteiger partial charge in [-0.1, -0.05) is 90.4 Å². The van der Waals surface area contributed by atoms with Gasteiger partial charge < -0.3 is 19.1 Å². The maximum Gasteiger partial charge on any atom is 0.302 e. The molecule has 1 heterocycles. The van der Waals surface area contributed by atoms with Crippen LogP contribution in [0.2, 0.25) is 0 Å². The van der Waals surface area contributed by atoms with Crippen molar-refractivity contribution in [2.24, 2.45) is 0 Å². The molecule has 0 bridgehead atoms. The molecule has 33 heavy (non-hydrogen) atoms. The van der Waals surface area contributed by atoms with Crippen LogP contribution in [0.3, 0.4) is 0 Å². The van der Waals surface area contributed by atoms with Crippen LogP contribution in [0.4, 0.5) is 0 Å². The fourth-order valence-electron chi connectivity index (χ4n) is 4.19. The summed E-state index contributed by atoms with van der Waals surface area (Å²) in [5.74, 6) is 0.753. The van der Waals surface area contributed by atoms with Crippen LogP contribution < -0.4 is 0 Å². The van der Waals surface area contributed by atoms with E-state index in [1.165, 1.54) is 96.1 Å². The molecule has 1 rings (SSSR count). The van der Waals surface area contributed by atoms with Gasteiger partial charge in [-0.05, 0) is 26.2 Å². The van der Waals surface area contributed by atoms with Crippen molar-refractivity contribution in [3.05, 3.63) is 17.9 Å². The number of rotatable bonds is 22. The minimum atomic E-state index is -0.249. The van der Waals surface area contributed by atoms with E-state index in [1.54, 1.807) is 0 Å². The maximum absolute atomic E-state index is 11.4. The molecule has 0 aromatic rings. The van der Waals surface area contributed by atoms with Gasteiger partial charge in [0.25, 0.3) is 0 Å². The van der Waals surface area contributed by atoms with Crippen LogP contribution in [0, 0.1) is 6.42 Å². The van der Waals surface area contributed by atoms with E-state index in [0.717, 1.165) is 25.2 Å². The summed E-state index contributed by atoms with van der Waals surface area (Å²) in [6, 6.07) is 0. The molecule has 0 aromatic heterocycles.